The summed E-state index contributed by atoms with van der Waals surface area (Å²) in [7, 11) is 1.59. The Kier molecular flexibility index (Phi) is 4.15. The van der Waals surface area contributed by atoms with Crippen molar-refractivity contribution in [1.29, 1.82) is 0 Å². The molecule has 2 amide bonds. The molecule has 7 heteroatoms. The van der Waals surface area contributed by atoms with Gasteiger partial charge in [0.25, 0.3) is 5.91 Å². The Labute approximate surface area is 169 Å². The summed E-state index contributed by atoms with van der Waals surface area (Å²) in [6.45, 7) is 0. The van der Waals surface area contributed by atoms with E-state index in [-0.39, 0.29) is 29.0 Å². The molecule has 0 saturated heterocycles. The monoisotopic (exact) mass is 395 g/mol. The second-order valence-electron chi connectivity index (χ2n) is 8.89. The molecule has 0 spiro atoms. The lowest BCUT2D eigenvalue weighted by Crippen LogP contribution is -2.62. The van der Waals surface area contributed by atoms with Gasteiger partial charge < -0.3 is 20.3 Å². The number of methoxy groups -OCH3 is 1. The van der Waals surface area contributed by atoms with Gasteiger partial charge in [-0.1, -0.05) is 17.3 Å². The number of carbonyl (C=O) groups excluding carboxylic acids is 2. The third kappa shape index (κ3) is 2.91. The van der Waals surface area contributed by atoms with E-state index in [2.05, 4.69) is 10.5 Å². The molecule has 4 bridgehead atoms. The van der Waals surface area contributed by atoms with Crippen molar-refractivity contribution in [2.45, 2.75) is 38.1 Å². The van der Waals surface area contributed by atoms with E-state index < -0.39 is 0 Å². The number of benzene rings is 1. The molecule has 152 valence electrons. The highest BCUT2D eigenvalue weighted by molar-refractivity contribution is 5.93. The van der Waals surface area contributed by atoms with Gasteiger partial charge in [-0.3, -0.25) is 9.59 Å². The Morgan fingerprint density at radius 1 is 1.21 bits per heavy atom. The summed E-state index contributed by atoms with van der Waals surface area (Å²) in [5.41, 5.74) is 6.40. The van der Waals surface area contributed by atoms with Gasteiger partial charge in [0, 0.05) is 17.5 Å². The number of ether oxygens (including phenoxy) is 1. The molecule has 1 heterocycles. The Balaban J connectivity index is 1.33. The fraction of sp³-hybridized carbons (Fsp3) is 0.500. The molecule has 0 aliphatic heterocycles. The van der Waals surface area contributed by atoms with Gasteiger partial charge in [-0.25, -0.2) is 0 Å². The van der Waals surface area contributed by atoms with E-state index >= 15 is 0 Å². The molecule has 4 aliphatic rings. The molecular weight excluding hydrogens is 370 g/mol. The van der Waals surface area contributed by atoms with E-state index in [0.717, 1.165) is 37.7 Å². The lowest BCUT2D eigenvalue weighted by Gasteiger charge is -2.58. The highest BCUT2D eigenvalue weighted by Gasteiger charge is 2.58. The topological polar surface area (TPSA) is 107 Å². The predicted octanol–water partition coefficient (Wildman–Crippen LogP) is 2.76. The largest absolute Gasteiger partial charge is 0.496 e. The van der Waals surface area contributed by atoms with Gasteiger partial charge >= 0.3 is 0 Å². The van der Waals surface area contributed by atoms with Crippen LogP contribution in [0.15, 0.2) is 34.9 Å². The van der Waals surface area contributed by atoms with Crippen molar-refractivity contribution in [2.24, 2.45) is 28.9 Å². The first-order chi connectivity index (χ1) is 14.0. The molecule has 2 aromatic rings. The number of amides is 2. The average Bonchev–Trinajstić information content (AvgIpc) is 3.20. The van der Waals surface area contributed by atoms with Crippen molar-refractivity contribution in [3.63, 3.8) is 0 Å². The standard InChI is InChI=1S/C22H25N3O4/c1-28-17-5-3-2-4-15(17)18-8-16(25-29-18)20(26)24-19-13-6-12-7-14(19)11-22(9-12,10-13)21(23)27/h2-5,8,12-14,19H,6-7,9-11H2,1H3,(H2,23,27)(H,24,26). The maximum atomic E-state index is 12.9. The predicted molar refractivity (Wildman–Crippen MR) is 105 cm³/mol. The van der Waals surface area contributed by atoms with Gasteiger partial charge in [0.05, 0.1) is 12.7 Å². The third-order valence-corrected chi connectivity index (χ3v) is 7.21. The van der Waals surface area contributed by atoms with Crippen LogP contribution in [0.2, 0.25) is 0 Å². The van der Waals surface area contributed by atoms with Gasteiger partial charge in [-0.2, -0.15) is 0 Å². The molecule has 3 N–H and O–H groups in total. The van der Waals surface area contributed by atoms with Crippen molar-refractivity contribution < 1.29 is 18.8 Å². The quantitative estimate of drug-likeness (QED) is 0.809. The smallest absolute Gasteiger partial charge is 0.273 e. The van der Waals surface area contributed by atoms with Crippen molar-refractivity contribution in [2.75, 3.05) is 7.11 Å². The molecule has 0 radical (unpaired) electrons. The van der Waals surface area contributed by atoms with Gasteiger partial charge in [0.15, 0.2) is 11.5 Å². The first-order valence-electron chi connectivity index (χ1n) is 10.2. The Bertz CT molecular complexity index is 952. The van der Waals surface area contributed by atoms with E-state index in [4.69, 9.17) is 15.0 Å². The molecule has 4 saturated carbocycles. The minimum absolute atomic E-state index is 0.0675. The molecule has 29 heavy (non-hydrogen) atoms. The summed E-state index contributed by atoms with van der Waals surface area (Å²) in [5.74, 6) is 1.91. The van der Waals surface area contributed by atoms with Crippen molar-refractivity contribution in [3.8, 4) is 17.1 Å². The highest BCUT2D eigenvalue weighted by atomic mass is 16.5. The zero-order valence-corrected chi connectivity index (χ0v) is 16.4. The first-order valence-corrected chi connectivity index (χ1v) is 10.2. The van der Waals surface area contributed by atoms with Crippen LogP contribution in [0, 0.1) is 23.2 Å². The zero-order valence-electron chi connectivity index (χ0n) is 16.4. The highest BCUT2D eigenvalue weighted by Crippen LogP contribution is 2.59. The minimum Gasteiger partial charge on any atom is -0.496 e. The Morgan fingerprint density at radius 2 is 1.93 bits per heavy atom. The summed E-state index contributed by atoms with van der Waals surface area (Å²) in [5, 5.41) is 7.16. The molecule has 6 rings (SSSR count). The average molecular weight is 395 g/mol. The molecule has 4 fully saturated rings. The SMILES string of the molecule is COc1ccccc1-c1cc(C(=O)NC2C3CC4CC2CC(C(N)=O)(C4)C3)no1. The van der Waals surface area contributed by atoms with Crippen LogP contribution in [0.3, 0.4) is 0 Å². The van der Waals surface area contributed by atoms with E-state index in [0.29, 0.717) is 29.3 Å². The summed E-state index contributed by atoms with van der Waals surface area (Å²) < 4.78 is 10.8. The van der Waals surface area contributed by atoms with E-state index in [9.17, 15) is 9.59 Å². The Morgan fingerprint density at radius 3 is 2.62 bits per heavy atom. The van der Waals surface area contributed by atoms with Gasteiger partial charge in [-0.15, -0.1) is 0 Å². The number of nitrogens with one attached hydrogen (secondary N) is 1. The second-order valence-corrected chi connectivity index (χ2v) is 8.89. The number of hydrogen-bond donors (Lipinski definition) is 2. The molecule has 2 atom stereocenters. The molecule has 2 unspecified atom stereocenters. The fourth-order valence-electron chi connectivity index (χ4n) is 6.14. The van der Waals surface area contributed by atoms with E-state index in [1.54, 1.807) is 13.2 Å². The number of rotatable bonds is 5. The molecule has 1 aromatic heterocycles. The lowest BCUT2D eigenvalue weighted by molar-refractivity contribution is -0.145. The number of nitrogens with two attached hydrogens (primary N) is 1. The third-order valence-electron chi connectivity index (χ3n) is 7.21. The normalized spacial score (nSPS) is 32.2. The van der Waals surface area contributed by atoms with Crippen LogP contribution in [-0.2, 0) is 4.79 Å². The lowest BCUT2D eigenvalue weighted by atomic mass is 9.47. The number of para-hydroxylation sites is 1. The summed E-state index contributed by atoms with van der Waals surface area (Å²) >= 11 is 0. The van der Waals surface area contributed by atoms with Crippen molar-refractivity contribution in [3.05, 3.63) is 36.0 Å². The van der Waals surface area contributed by atoms with Crippen LogP contribution in [0.4, 0.5) is 0 Å². The van der Waals surface area contributed by atoms with Crippen molar-refractivity contribution in [1.82, 2.24) is 10.5 Å². The molecular formula is C22H25N3O4. The van der Waals surface area contributed by atoms with E-state index in [1.165, 1.54) is 0 Å². The van der Waals surface area contributed by atoms with Crippen LogP contribution in [0.25, 0.3) is 11.3 Å². The fourth-order valence-corrected chi connectivity index (χ4v) is 6.14. The number of carbonyl (C=O) groups is 2. The second kappa shape index (κ2) is 6.61. The number of hydrogen-bond acceptors (Lipinski definition) is 5. The summed E-state index contributed by atoms with van der Waals surface area (Å²) in [6, 6.07) is 9.16. The molecule has 7 nitrogen and oxygen atoms in total. The summed E-state index contributed by atoms with van der Waals surface area (Å²) in [4.78, 5) is 25.0. The maximum absolute atomic E-state index is 12.9. The molecule has 1 aromatic carbocycles. The number of nitrogens with zero attached hydrogens (tertiary/aromatic N) is 1. The summed E-state index contributed by atoms with van der Waals surface area (Å²) in [6.07, 6.45) is 4.60. The minimum atomic E-state index is -0.358. The number of primary amides is 1. The number of aromatic nitrogens is 1. The van der Waals surface area contributed by atoms with Gasteiger partial charge in [-0.05, 0) is 62.0 Å². The zero-order chi connectivity index (χ0) is 20.2. The van der Waals surface area contributed by atoms with E-state index in [1.807, 2.05) is 24.3 Å². The van der Waals surface area contributed by atoms with Crippen LogP contribution in [-0.4, -0.2) is 30.1 Å². The Hall–Kier alpha value is -2.83. The molecule has 4 aliphatic carbocycles. The van der Waals surface area contributed by atoms with Crippen LogP contribution >= 0.6 is 0 Å². The maximum Gasteiger partial charge on any atom is 0.273 e. The van der Waals surface area contributed by atoms with Gasteiger partial charge in [0.2, 0.25) is 5.91 Å². The van der Waals surface area contributed by atoms with Crippen LogP contribution in [0.1, 0.15) is 42.6 Å². The van der Waals surface area contributed by atoms with Gasteiger partial charge in [0.1, 0.15) is 5.75 Å². The van der Waals surface area contributed by atoms with Crippen LogP contribution < -0.4 is 15.8 Å². The van der Waals surface area contributed by atoms with Crippen LogP contribution in [0.5, 0.6) is 5.75 Å². The first kappa shape index (κ1) is 18.2. The van der Waals surface area contributed by atoms with Crippen molar-refractivity contribution >= 4 is 11.8 Å².